The molecule has 6 nitrogen and oxygen atoms in total. The summed E-state index contributed by atoms with van der Waals surface area (Å²) in [5.41, 5.74) is 16.1. The standard InChI is InChI=1S/C57H34N4O2S/c62-64(63)53-26-14-11-23-44(53)46-30-45-42-22-10-13-25-48(42)57(50(45)31-54(46)64)47-24-12-9-21-41(47)39-19-7-8-20-40(39)43-28-27-37(29-49(43)57)51-32-52(61-56(60-51)36-17-5-2-6-18-36)38-33-58-55(59-34-38)35-15-3-1-4-16-35/h1-34H. The fraction of sp³-hybridized carbons (Fsp3) is 0.0175. The molecule has 1 unspecified atom stereocenters. The Morgan fingerprint density at radius 3 is 1.48 bits per heavy atom. The second kappa shape index (κ2) is 13.7. The van der Waals surface area contributed by atoms with Crippen molar-refractivity contribution in [1.29, 1.82) is 0 Å². The highest BCUT2D eigenvalue weighted by Crippen LogP contribution is 2.63. The van der Waals surface area contributed by atoms with E-state index in [2.05, 4.69) is 97.1 Å². The molecular formula is C57H34N4O2S. The first-order chi connectivity index (χ1) is 31.5. The Morgan fingerprint density at radius 1 is 0.328 bits per heavy atom. The van der Waals surface area contributed by atoms with Gasteiger partial charge in [-0.25, -0.2) is 28.4 Å². The number of hydrogen-bond donors (Lipinski definition) is 0. The molecule has 0 bridgehead atoms. The summed E-state index contributed by atoms with van der Waals surface area (Å²) in [5.74, 6) is 1.22. The summed E-state index contributed by atoms with van der Waals surface area (Å²) in [5, 5.41) is 0. The van der Waals surface area contributed by atoms with Crippen molar-refractivity contribution in [1.82, 2.24) is 19.9 Å². The van der Waals surface area contributed by atoms with Crippen LogP contribution in [0.3, 0.4) is 0 Å². The monoisotopic (exact) mass is 838 g/mol. The van der Waals surface area contributed by atoms with Gasteiger partial charge in [-0.3, -0.25) is 0 Å². The van der Waals surface area contributed by atoms with E-state index in [1.807, 2.05) is 97.3 Å². The Bertz CT molecular complexity index is 3680. The number of aromatic nitrogens is 4. The van der Waals surface area contributed by atoms with E-state index in [1.165, 1.54) is 0 Å². The van der Waals surface area contributed by atoms with Crippen LogP contribution in [0.1, 0.15) is 22.3 Å². The summed E-state index contributed by atoms with van der Waals surface area (Å²) < 4.78 is 29.1. The zero-order valence-electron chi connectivity index (χ0n) is 34.1. The van der Waals surface area contributed by atoms with Gasteiger partial charge in [-0.2, -0.15) is 0 Å². The number of sulfone groups is 1. The third-order valence-electron chi connectivity index (χ3n) is 13.2. The van der Waals surface area contributed by atoms with Crippen molar-refractivity contribution in [3.05, 3.63) is 229 Å². The Balaban J connectivity index is 1.10. The molecule has 0 saturated carbocycles. The first-order valence-electron chi connectivity index (χ1n) is 21.3. The van der Waals surface area contributed by atoms with Gasteiger partial charge >= 0.3 is 0 Å². The second-order valence-corrected chi connectivity index (χ2v) is 18.4. The van der Waals surface area contributed by atoms with Gasteiger partial charge in [0.25, 0.3) is 0 Å². The van der Waals surface area contributed by atoms with Gasteiger partial charge in [0.2, 0.25) is 9.84 Å². The lowest BCUT2D eigenvalue weighted by Gasteiger charge is -2.35. The van der Waals surface area contributed by atoms with E-state index in [4.69, 9.17) is 19.9 Å². The summed E-state index contributed by atoms with van der Waals surface area (Å²) in [7, 11) is -3.81. The van der Waals surface area contributed by atoms with Crippen molar-refractivity contribution in [2.24, 2.45) is 0 Å². The molecule has 10 aromatic rings. The largest absolute Gasteiger partial charge is 0.236 e. The molecule has 3 aliphatic rings. The molecule has 1 atom stereocenters. The Morgan fingerprint density at radius 2 is 0.828 bits per heavy atom. The highest BCUT2D eigenvalue weighted by molar-refractivity contribution is 7.92. The fourth-order valence-corrected chi connectivity index (χ4v) is 12.1. The summed E-state index contributed by atoms with van der Waals surface area (Å²) >= 11 is 0. The first-order valence-corrected chi connectivity index (χ1v) is 22.8. The average molecular weight is 839 g/mol. The molecule has 64 heavy (non-hydrogen) atoms. The van der Waals surface area contributed by atoms with E-state index >= 15 is 0 Å². The quantitative estimate of drug-likeness (QED) is 0.175. The number of rotatable bonds is 4. The van der Waals surface area contributed by atoms with Crippen molar-refractivity contribution in [2.45, 2.75) is 15.2 Å². The minimum Gasteiger partial charge on any atom is -0.236 e. The molecule has 7 heteroatoms. The van der Waals surface area contributed by atoms with Gasteiger partial charge in [-0.1, -0.05) is 164 Å². The van der Waals surface area contributed by atoms with Crippen LogP contribution < -0.4 is 0 Å². The molecule has 0 saturated heterocycles. The number of benzene rings is 8. The van der Waals surface area contributed by atoms with Crippen LogP contribution >= 0.6 is 0 Å². The third kappa shape index (κ3) is 5.16. The van der Waals surface area contributed by atoms with Crippen LogP contribution in [0.15, 0.2) is 216 Å². The highest BCUT2D eigenvalue weighted by atomic mass is 32.2. The van der Waals surface area contributed by atoms with Gasteiger partial charge in [0, 0.05) is 45.8 Å². The Kier molecular flexibility index (Phi) is 7.81. The lowest BCUT2D eigenvalue weighted by Crippen LogP contribution is -2.29. The van der Waals surface area contributed by atoms with Gasteiger partial charge in [0.1, 0.15) is 0 Å². The lowest BCUT2D eigenvalue weighted by molar-refractivity contribution is 0.598. The van der Waals surface area contributed by atoms with E-state index in [1.54, 1.807) is 12.1 Å². The molecular weight excluding hydrogens is 805 g/mol. The lowest BCUT2D eigenvalue weighted by atomic mass is 9.65. The van der Waals surface area contributed by atoms with Crippen LogP contribution in [-0.4, -0.2) is 28.4 Å². The topological polar surface area (TPSA) is 85.7 Å². The molecule has 1 aliphatic heterocycles. The molecule has 8 aromatic carbocycles. The van der Waals surface area contributed by atoms with Crippen molar-refractivity contribution in [2.75, 3.05) is 0 Å². The summed E-state index contributed by atoms with van der Waals surface area (Å²) in [6.45, 7) is 0. The maximum absolute atomic E-state index is 14.6. The zero-order chi connectivity index (χ0) is 42.6. The van der Waals surface area contributed by atoms with E-state index in [9.17, 15) is 8.42 Å². The fourth-order valence-electron chi connectivity index (χ4n) is 10.4. The van der Waals surface area contributed by atoms with Crippen molar-refractivity contribution >= 4 is 9.84 Å². The van der Waals surface area contributed by atoms with E-state index in [0.29, 0.717) is 27.1 Å². The maximum Gasteiger partial charge on any atom is 0.207 e. The predicted molar refractivity (Wildman–Crippen MR) is 252 cm³/mol. The van der Waals surface area contributed by atoms with Gasteiger partial charge in [-0.15, -0.1) is 0 Å². The molecule has 0 radical (unpaired) electrons. The smallest absolute Gasteiger partial charge is 0.207 e. The molecule has 3 heterocycles. The molecule has 13 rings (SSSR count). The van der Waals surface area contributed by atoms with Crippen LogP contribution in [0.5, 0.6) is 0 Å². The van der Waals surface area contributed by atoms with Gasteiger partial charge < -0.3 is 0 Å². The maximum atomic E-state index is 14.6. The molecule has 0 amide bonds. The molecule has 0 fully saturated rings. The van der Waals surface area contributed by atoms with Gasteiger partial charge in [-0.05, 0) is 86.0 Å². The van der Waals surface area contributed by atoms with Crippen molar-refractivity contribution in [3.63, 3.8) is 0 Å². The third-order valence-corrected chi connectivity index (χ3v) is 15.0. The van der Waals surface area contributed by atoms with Crippen molar-refractivity contribution in [3.8, 4) is 89.8 Å². The normalized spacial score (nSPS) is 15.5. The van der Waals surface area contributed by atoms with Crippen LogP contribution in [0.4, 0.5) is 0 Å². The Hall–Kier alpha value is -8.13. The predicted octanol–water partition coefficient (Wildman–Crippen LogP) is 12.8. The Labute approximate surface area is 370 Å². The van der Waals surface area contributed by atoms with Crippen LogP contribution in [0, 0.1) is 0 Å². The summed E-state index contributed by atoms with van der Waals surface area (Å²) in [6, 6.07) is 65.9. The summed E-state index contributed by atoms with van der Waals surface area (Å²) in [4.78, 5) is 20.6. The first kappa shape index (κ1) is 36.5. The minimum absolute atomic E-state index is 0.338. The van der Waals surface area contributed by atoms with Gasteiger partial charge in [0.15, 0.2) is 11.6 Å². The van der Waals surface area contributed by atoms with E-state index < -0.39 is 15.3 Å². The van der Waals surface area contributed by atoms with Crippen LogP contribution in [0.25, 0.3) is 89.8 Å². The minimum atomic E-state index is -3.81. The second-order valence-electron chi connectivity index (χ2n) is 16.5. The van der Waals surface area contributed by atoms with Crippen LogP contribution in [0.2, 0.25) is 0 Å². The SMILES string of the molecule is O=S1(=O)c2ccccc2-c2cc3c(cc21)C1(c2ccccc2-c2ccccc2-c2ccc(-c4cc(-c5cnc(-c6ccccc6)nc5)nc(-c5ccccc5)n4)cc21)c1ccccc1-3. The average Bonchev–Trinajstić information content (AvgIpc) is 3.73. The number of nitrogens with zero attached hydrogens (tertiary/aromatic N) is 4. The molecule has 0 N–H and O–H groups in total. The summed E-state index contributed by atoms with van der Waals surface area (Å²) in [6.07, 6.45) is 3.65. The zero-order valence-corrected chi connectivity index (χ0v) is 35.0. The molecule has 2 aromatic heterocycles. The number of hydrogen-bond acceptors (Lipinski definition) is 6. The van der Waals surface area contributed by atoms with Crippen LogP contribution in [-0.2, 0) is 15.3 Å². The molecule has 300 valence electrons. The van der Waals surface area contributed by atoms with Gasteiger partial charge in [0.05, 0.1) is 26.6 Å². The molecule has 1 spiro atoms. The van der Waals surface area contributed by atoms with E-state index in [-0.39, 0.29) is 0 Å². The molecule has 2 aliphatic carbocycles. The number of fused-ring (bicyclic) bond motifs is 15. The highest BCUT2D eigenvalue weighted by Gasteiger charge is 2.51. The van der Waals surface area contributed by atoms with E-state index in [0.717, 1.165) is 94.7 Å². The van der Waals surface area contributed by atoms with Crippen molar-refractivity contribution < 1.29 is 8.42 Å².